The van der Waals surface area contributed by atoms with Crippen LogP contribution in [-0.2, 0) is 4.79 Å². The number of carbonyl (C=O) groups is 1. The van der Waals surface area contributed by atoms with E-state index in [-0.39, 0.29) is 23.3 Å². The van der Waals surface area contributed by atoms with Crippen molar-refractivity contribution >= 4 is 38.3 Å². The van der Waals surface area contributed by atoms with Gasteiger partial charge in [0.1, 0.15) is 17.5 Å². The lowest BCUT2D eigenvalue weighted by molar-refractivity contribution is -0.120. The third-order valence-electron chi connectivity index (χ3n) is 4.05. The van der Waals surface area contributed by atoms with Crippen molar-refractivity contribution in [2.75, 3.05) is 23.3 Å². The Morgan fingerprint density at radius 3 is 2.60 bits per heavy atom. The minimum atomic E-state index is -0.808. The lowest BCUT2D eigenvalue weighted by atomic mass is 10.00. The van der Waals surface area contributed by atoms with Crippen molar-refractivity contribution in [2.45, 2.75) is 0 Å². The van der Waals surface area contributed by atoms with Crippen molar-refractivity contribution in [1.82, 2.24) is 4.98 Å². The Hall–Kier alpha value is -2.61. The largest absolute Gasteiger partial charge is 0.346 e. The zero-order chi connectivity index (χ0) is 17.6. The number of carbonyl (C=O) groups excluding carboxylic acids is 1. The number of thiazole rings is 1. The Bertz CT molecular complexity index is 969. The quantitative estimate of drug-likeness (QED) is 0.770. The molecule has 1 aliphatic heterocycles. The van der Waals surface area contributed by atoms with E-state index in [0.717, 1.165) is 22.0 Å². The number of hydrogen-bond donors (Lipinski definition) is 1. The number of nitrogens with one attached hydrogen (secondary N) is 1. The second-order valence-electron chi connectivity index (χ2n) is 5.82. The molecule has 1 saturated heterocycles. The maximum Gasteiger partial charge on any atom is 0.231 e. The number of benzene rings is 2. The van der Waals surface area contributed by atoms with E-state index < -0.39 is 11.6 Å². The van der Waals surface area contributed by atoms with Crippen LogP contribution >= 0.6 is 11.3 Å². The standard InChI is InChI=1S/C17H12F3N3OS/c18-10-1-3-13(12(20)5-10)21-16(24)9-7-23(8-9)17-22-14-4-2-11(19)6-15(14)25-17/h1-6,9H,7-8H2,(H,21,24). The lowest BCUT2D eigenvalue weighted by Crippen LogP contribution is -2.52. The molecule has 4 nitrogen and oxygen atoms in total. The highest BCUT2D eigenvalue weighted by Crippen LogP contribution is 2.33. The minimum absolute atomic E-state index is 0.0414. The maximum absolute atomic E-state index is 13.6. The topological polar surface area (TPSA) is 45.2 Å². The van der Waals surface area contributed by atoms with Crippen molar-refractivity contribution in [3.8, 4) is 0 Å². The number of aromatic nitrogens is 1. The Labute approximate surface area is 144 Å². The molecule has 2 heterocycles. The van der Waals surface area contributed by atoms with E-state index in [1.807, 2.05) is 4.90 Å². The zero-order valence-electron chi connectivity index (χ0n) is 12.8. The van der Waals surface area contributed by atoms with Gasteiger partial charge in [-0.05, 0) is 30.3 Å². The summed E-state index contributed by atoms with van der Waals surface area (Å²) in [6.45, 7) is 0.883. The van der Waals surface area contributed by atoms with Crippen LogP contribution in [0.15, 0.2) is 36.4 Å². The van der Waals surface area contributed by atoms with E-state index in [0.29, 0.717) is 18.6 Å². The molecule has 1 fully saturated rings. The number of anilines is 2. The summed E-state index contributed by atoms with van der Waals surface area (Å²) in [4.78, 5) is 18.5. The van der Waals surface area contributed by atoms with Crippen LogP contribution in [0.25, 0.3) is 10.2 Å². The molecule has 0 saturated carbocycles. The van der Waals surface area contributed by atoms with Crippen LogP contribution in [0.5, 0.6) is 0 Å². The van der Waals surface area contributed by atoms with Crippen molar-refractivity contribution in [1.29, 1.82) is 0 Å². The van der Waals surface area contributed by atoms with E-state index in [4.69, 9.17) is 0 Å². The van der Waals surface area contributed by atoms with E-state index in [9.17, 15) is 18.0 Å². The molecule has 1 aromatic heterocycles. The van der Waals surface area contributed by atoms with Gasteiger partial charge in [0.05, 0.1) is 21.8 Å². The molecule has 8 heteroatoms. The molecule has 0 atom stereocenters. The number of rotatable bonds is 3. The second-order valence-corrected chi connectivity index (χ2v) is 6.83. The highest BCUT2D eigenvalue weighted by Gasteiger charge is 2.34. The summed E-state index contributed by atoms with van der Waals surface area (Å²) in [7, 11) is 0. The highest BCUT2D eigenvalue weighted by atomic mass is 32.1. The average Bonchev–Trinajstić information content (AvgIpc) is 2.91. The molecule has 4 rings (SSSR count). The fourth-order valence-corrected chi connectivity index (χ4v) is 3.66. The molecule has 0 spiro atoms. The SMILES string of the molecule is O=C(Nc1ccc(F)cc1F)C1CN(c2nc3ccc(F)cc3s2)C1. The number of halogens is 3. The van der Waals surface area contributed by atoms with Crippen LogP contribution in [0.1, 0.15) is 0 Å². The molecule has 1 aliphatic rings. The van der Waals surface area contributed by atoms with Crippen LogP contribution in [0.3, 0.4) is 0 Å². The van der Waals surface area contributed by atoms with Crippen molar-refractivity contribution in [2.24, 2.45) is 5.92 Å². The molecule has 0 radical (unpaired) electrons. The first-order valence-electron chi connectivity index (χ1n) is 7.56. The first-order valence-corrected chi connectivity index (χ1v) is 8.38. The van der Waals surface area contributed by atoms with Gasteiger partial charge in [0.25, 0.3) is 0 Å². The Balaban J connectivity index is 1.41. The van der Waals surface area contributed by atoms with Gasteiger partial charge in [0.15, 0.2) is 5.13 Å². The average molecular weight is 363 g/mol. The fourth-order valence-electron chi connectivity index (χ4n) is 2.65. The molecule has 0 unspecified atom stereocenters. The summed E-state index contributed by atoms with van der Waals surface area (Å²) in [6, 6.07) is 7.41. The molecule has 0 bridgehead atoms. The van der Waals surface area contributed by atoms with Gasteiger partial charge in [0, 0.05) is 19.2 Å². The normalized spacial score (nSPS) is 14.6. The molecular formula is C17H12F3N3OS. The summed E-state index contributed by atoms with van der Waals surface area (Å²) >= 11 is 1.36. The van der Waals surface area contributed by atoms with E-state index >= 15 is 0 Å². The van der Waals surface area contributed by atoms with Crippen LogP contribution in [0, 0.1) is 23.4 Å². The lowest BCUT2D eigenvalue weighted by Gasteiger charge is -2.37. The van der Waals surface area contributed by atoms with Gasteiger partial charge in [-0.25, -0.2) is 18.2 Å². The van der Waals surface area contributed by atoms with Crippen LogP contribution in [-0.4, -0.2) is 24.0 Å². The van der Waals surface area contributed by atoms with Gasteiger partial charge in [-0.1, -0.05) is 11.3 Å². The third kappa shape index (κ3) is 3.05. The van der Waals surface area contributed by atoms with Gasteiger partial charge < -0.3 is 10.2 Å². The molecule has 0 aliphatic carbocycles. The van der Waals surface area contributed by atoms with E-state index in [1.54, 1.807) is 6.07 Å². The van der Waals surface area contributed by atoms with Crippen molar-refractivity contribution in [3.63, 3.8) is 0 Å². The molecule has 1 amide bonds. The van der Waals surface area contributed by atoms with Crippen molar-refractivity contribution < 1.29 is 18.0 Å². The summed E-state index contributed by atoms with van der Waals surface area (Å²) in [5, 5.41) is 3.19. The van der Waals surface area contributed by atoms with Crippen molar-refractivity contribution in [3.05, 3.63) is 53.8 Å². The summed E-state index contributed by atoms with van der Waals surface area (Å²) in [5.74, 6) is -2.46. The summed E-state index contributed by atoms with van der Waals surface area (Å²) < 4.78 is 40.4. The van der Waals surface area contributed by atoms with Gasteiger partial charge >= 0.3 is 0 Å². The zero-order valence-corrected chi connectivity index (χ0v) is 13.6. The summed E-state index contributed by atoms with van der Waals surface area (Å²) in [6.07, 6.45) is 0. The fraction of sp³-hybridized carbons (Fsp3) is 0.176. The predicted octanol–water partition coefficient (Wildman–Crippen LogP) is 3.79. The number of hydrogen-bond acceptors (Lipinski definition) is 4. The minimum Gasteiger partial charge on any atom is -0.346 e. The van der Waals surface area contributed by atoms with Crippen LogP contribution in [0.2, 0.25) is 0 Å². The predicted molar refractivity (Wildman–Crippen MR) is 90.3 cm³/mol. The second kappa shape index (κ2) is 6.03. The van der Waals surface area contributed by atoms with Gasteiger partial charge in [-0.2, -0.15) is 0 Å². The van der Waals surface area contributed by atoms with E-state index in [2.05, 4.69) is 10.3 Å². The first kappa shape index (κ1) is 15.9. The molecule has 3 aromatic rings. The molecule has 2 aromatic carbocycles. The Kier molecular flexibility index (Phi) is 3.84. The Morgan fingerprint density at radius 2 is 1.84 bits per heavy atom. The molecule has 1 N–H and O–H groups in total. The molecular weight excluding hydrogens is 351 g/mol. The third-order valence-corrected chi connectivity index (χ3v) is 5.13. The Morgan fingerprint density at radius 1 is 1.12 bits per heavy atom. The van der Waals surface area contributed by atoms with Gasteiger partial charge in [0.2, 0.25) is 5.91 Å². The smallest absolute Gasteiger partial charge is 0.231 e. The van der Waals surface area contributed by atoms with E-state index in [1.165, 1.54) is 29.5 Å². The summed E-state index contributed by atoms with van der Waals surface area (Å²) in [5.41, 5.74) is 0.669. The number of fused-ring (bicyclic) bond motifs is 1. The number of amides is 1. The monoisotopic (exact) mass is 363 g/mol. The van der Waals surface area contributed by atoms with Crippen LogP contribution in [0.4, 0.5) is 24.0 Å². The number of nitrogens with zero attached hydrogens (tertiary/aromatic N) is 2. The van der Waals surface area contributed by atoms with Gasteiger partial charge in [-0.15, -0.1) is 0 Å². The van der Waals surface area contributed by atoms with Crippen LogP contribution < -0.4 is 10.2 Å². The first-order chi connectivity index (χ1) is 12.0. The molecule has 128 valence electrons. The highest BCUT2D eigenvalue weighted by molar-refractivity contribution is 7.22. The van der Waals surface area contributed by atoms with Gasteiger partial charge in [-0.3, -0.25) is 4.79 Å². The molecule has 25 heavy (non-hydrogen) atoms. The maximum atomic E-state index is 13.6.